The summed E-state index contributed by atoms with van der Waals surface area (Å²) < 4.78 is 11.2. The highest BCUT2D eigenvalue weighted by molar-refractivity contribution is 5.69. The van der Waals surface area contributed by atoms with E-state index in [1.165, 1.54) is 0 Å². The lowest BCUT2D eigenvalue weighted by Crippen LogP contribution is -2.24. The fraction of sp³-hybridized carbons (Fsp3) is 0.533. The van der Waals surface area contributed by atoms with Crippen LogP contribution in [0.3, 0.4) is 0 Å². The van der Waals surface area contributed by atoms with Gasteiger partial charge in [0.2, 0.25) is 0 Å². The van der Waals surface area contributed by atoms with Gasteiger partial charge in [0, 0.05) is 13.0 Å². The molecule has 0 N–H and O–H groups in total. The van der Waals surface area contributed by atoms with Gasteiger partial charge in [-0.05, 0) is 18.9 Å². The van der Waals surface area contributed by atoms with Crippen molar-refractivity contribution in [2.75, 3.05) is 6.61 Å². The summed E-state index contributed by atoms with van der Waals surface area (Å²) in [6.45, 7) is 6.39. The molecule has 0 aliphatic rings. The van der Waals surface area contributed by atoms with Crippen LogP contribution in [0.5, 0.6) is 0 Å². The maximum atomic E-state index is 11.4. The molecule has 1 rings (SSSR count). The highest BCUT2D eigenvalue weighted by Crippen LogP contribution is 2.23. The van der Waals surface area contributed by atoms with Crippen molar-refractivity contribution in [1.82, 2.24) is 0 Å². The Labute approximate surface area is 109 Å². The van der Waals surface area contributed by atoms with Gasteiger partial charge in [-0.25, -0.2) is 0 Å². The lowest BCUT2D eigenvalue weighted by atomic mass is 10.1. The Kier molecular flexibility index (Phi) is 6.44. The zero-order chi connectivity index (χ0) is 13.4. The van der Waals surface area contributed by atoms with Crippen molar-refractivity contribution in [3.63, 3.8) is 0 Å². The average molecular weight is 250 g/mol. The van der Waals surface area contributed by atoms with E-state index in [1.807, 2.05) is 37.3 Å². The second-order valence-corrected chi connectivity index (χ2v) is 4.25. The van der Waals surface area contributed by atoms with E-state index in [4.69, 9.17) is 9.47 Å². The van der Waals surface area contributed by atoms with E-state index >= 15 is 0 Å². The van der Waals surface area contributed by atoms with Crippen molar-refractivity contribution in [2.24, 2.45) is 0 Å². The monoisotopic (exact) mass is 250 g/mol. The molecule has 3 nitrogen and oxygen atoms in total. The highest BCUT2D eigenvalue weighted by Gasteiger charge is 2.22. The van der Waals surface area contributed by atoms with E-state index in [1.54, 1.807) is 6.92 Å². The third-order valence-electron chi connectivity index (χ3n) is 2.66. The molecule has 0 aliphatic carbocycles. The molecular formula is C15H22O3. The Morgan fingerprint density at radius 2 is 1.89 bits per heavy atom. The molecule has 0 spiro atoms. The van der Waals surface area contributed by atoms with Crippen LogP contribution in [0, 0.1) is 0 Å². The molecule has 0 heterocycles. The Bertz CT molecular complexity index is 348. The summed E-state index contributed by atoms with van der Waals surface area (Å²) in [7, 11) is 0. The molecule has 3 heteroatoms. The quantitative estimate of drug-likeness (QED) is 0.695. The van der Waals surface area contributed by atoms with E-state index in [2.05, 4.69) is 6.92 Å². The zero-order valence-corrected chi connectivity index (χ0v) is 11.4. The number of carbonyl (C=O) groups excluding carboxylic acids is 1. The van der Waals surface area contributed by atoms with Gasteiger partial charge in [0.05, 0.1) is 0 Å². The normalized spacial score (nSPS) is 13.9. The molecule has 2 unspecified atom stereocenters. The van der Waals surface area contributed by atoms with Crippen LogP contribution in [0.2, 0.25) is 0 Å². The lowest BCUT2D eigenvalue weighted by molar-refractivity contribution is -0.156. The number of hydrogen-bond donors (Lipinski definition) is 0. The van der Waals surface area contributed by atoms with Crippen molar-refractivity contribution in [3.05, 3.63) is 35.9 Å². The lowest BCUT2D eigenvalue weighted by Gasteiger charge is -2.24. The Morgan fingerprint density at radius 1 is 1.22 bits per heavy atom. The van der Waals surface area contributed by atoms with Crippen LogP contribution in [-0.4, -0.2) is 18.7 Å². The van der Waals surface area contributed by atoms with Crippen molar-refractivity contribution >= 4 is 5.97 Å². The van der Waals surface area contributed by atoms with Gasteiger partial charge in [-0.1, -0.05) is 44.2 Å². The summed E-state index contributed by atoms with van der Waals surface area (Å²) in [6.07, 6.45) is 0.866. The summed E-state index contributed by atoms with van der Waals surface area (Å²) in [5.41, 5.74) is 1.04. The van der Waals surface area contributed by atoms with Gasteiger partial charge >= 0.3 is 5.97 Å². The summed E-state index contributed by atoms with van der Waals surface area (Å²) in [5.74, 6) is -0.191. The number of benzene rings is 1. The average Bonchev–Trinajstić information content (AvgIpc) is 2.40. The van der Waals surface area contributed by atoms with Crippen molar-refractivity contribution in [3.8, 4) is 0 Å². The van der Waals surface area contributed by atoms with Crippen LogP contribution < -0.4 is 0 Å². The van der Waals surface area contributed by atoms with Gasteiger partial charge < -0.3 is 9.47 Å². The molecule has 0 radical (unpaired) electrons. The maximum absolute atomic E-state index is 11.4. The van der Waals surface area contributed by atoms with E-state index in [0.29, 0.717) is 13.0 Å². The number of esters is 1. The topological polar surface area (TPSA) is 35.5 Å². The Balaban J connectivity index is 2.74. The zero-order valence-electron chi connectivity index (χ0n) is 11.4. The molecule has 1 aromatic carbocycles. The van der Waals surface area contributed by atoms with Crippen LogP contribution in [0.15, 0.2) is 30.3 Å². The number of carbonyl (C=O) groups is 1. The third-order valence-corrected chi connectivity index (χ3v) is 2.66. The first-order chi connectivity index (χ1) is 8.69. The minimum absolute atomic E-state index is 0.191. The van der Waals surface area contributed by atoms with Crippen LogP contribution in [-0.2, 0) is 14.3 Å². The summed E-state index contributed by atoms with van der Waals surface area (Å²) >= 11 is 0. The summed E-state index contributed by atoms with van der Waals surface area (Å²) in [4.78, 5) is 11.4. The molecule has 0 aromatic heterocycles. The van der Waals surface area contributed by atoms with Gasteiger partial charge in [-0.15, -0.1) is 0 Å². The van der Waals surface area contributed by atoms with Gasteiger partial charge in [0.15, 0.2) is 0 Å². The molecule has 0 fully saturated rings. The highest BCUT2D eigenvalue weighted by atomic mass is 16.6. The number of ether oxygens (including phenoxy) is 2. The molecule has 18 heavy (non-hydrogen) atoms. The first-order valence-electron chi connectivity index (χ1n) is 6.55. The largest absolute Gasteiger partial charge is 0.460 e. The van der Waals surface area contributed by atoms with Gasteiger partial charge in [0.1, 0.15) is 12.2 Å². The molecule has 1 aromatic rings. The Hall–Kier alpha value is -1.35. The molecule has 0 bridgehead atoms. The standard InChI is InChI=1S/C15H22O3/c1-4-11-17-15(12(3)18-14(16)5-2)13-9-7-6-8-10-13/h6-10,12,15H,4-5,11H2,1-3H3. The second kappa shape index (κ2) is 7.88. The molecule has 0 aliphatic heterocycles. The van der Waals surface area contributed by atoms with Gasteiger partial charge in [0.25, 0.3) is 0 Å². The Morgan fingerprint density at radius 3 is 2.44 bits per heavy atom. The predicted octanol–water partition coefficient (Wildman–Crippen LogP) is 3.50. The third kappa shape index (κ3) is 4.49. The first kappa shape index (κ1) is 14.7. The molecule has 2 atom stereocenters. The molecule has 0 saturated heterocycles. The van der Waals surface area contributed by atoms with Crippen molar-refractivity contribution < 1.29 is 14.3 Å². The molecular weight excluding hydrogens is 228 g/mol. The maximum Gasteiger partial charge on any atom is 0.305 e. The molecule has 0 amide bonds. The number of hydrogen-bond acceptors (Lipinski definition) is 3. The SMILES string of the molecule is CCCOC(c1ccccc1)C(C)OC(=O)CC. The van der Waals surface area contributed by atoms with Crippen LogP contribution in [0.4, 0.5) is 0 Å². The second-order valence-electron chi connectivity index (χ2n) is 4.25. The van der Waals surface area contributed by atoms with Crippen molar-refractivity contribution in [2.45, 2.75) is 45.8 Å². The van der Waals surface area contributed by atoms with Crippen LogP contribution in [0.1, 0.15) is 45.3 Å². The van der Waals surface area contributed by atoms with Gasteiger partial charge in [-0.3, -0.25) is 4.79 Å². The molecule has 0 saturated carbocycles. The van der Waals surface area contributed by atoms with Crippen molar-refractivity contribution in [1.29, 1.82) is 0 Å². The summed E-state index contributed by atoms with van der Waals surface area (Å²) in [5, 5.41) is 0. The van der Waals surface area contributed by atoms with Crippen LogP contribution >= 0.6 is 0 Å². The molecule has 100 valence electrons. The minimum atomic E-state index is -0.272. The smallest absolute Gasteiger partial charge is 0.305 e. The van der Waals surface area contributed by atoms with E-state index < -0.39 is 0 Å². The summed E-state index contributed by atoms with van der Waals surface area (Å²) in [6, 6.07) is 9.88. The van der Waals surface area contributed by atoms with Gasteiger partial charge in [-0.2, -0.15) is 0 Å². The van der Waals surface area contributed by atoms with E-state index in [-0.39, 0.29) is 18.2 Å². The fourth-order valence-corrected chi connectivity index (χ4v) is 1.74. The fourth-order valence-electron chi connectivity index (χ4n) is 1.74. The van der Waals surface area contributed by atoms with E-state index in [0.717, 1.165) is 12.0 Å². The predicted molar refractivity (Wildman–Crippen MR) is 71.3 cm³/mol. The first-order valence-corrected chi connectivity index (χ1v) is 6.55. The van der Waals surface area contributed by atoms with Crippen LogP contribution in [0.25, 0.3) is 0 Å². The van der Waals surface area contributed by atoms with E-state index in [9.17, 15) is 4.79 Å². The number of rotatable bonds is 7. The minimum Gasteiger partial charge on any atom is -0.460 e.